The van der Waals surface area contributed by atoms with Crippen molar-refractivity contribution in [2.75, 3.05) is 5.32 Å². The topological polar surface area (TPSA) is 55.2 Å². The minimum atomic E-state index is -4.38. The first-order chi connectivity index (χ1) is 10.3. The summed E-state index contributed by atoms with van der Waals surface area (Å²) in [4.78, 5) is 10.2. The first-order valence-corrected chi connectivity index (χ1v) is 6.42. The van der Waals surface area contributed by atoms with Crippen LogP contribution in [0.25, 0.3) is 0 Å². The van der Waals surface area contributed by atoms with Crippen LogP contribution in [-0.4, -0.2) is 4.92 Å². The predicted molar refractivity (Wildman–Crippen MR) is 76.6 cm³/mol. The van der Waals surface area contributed by atoms with Gasteiger partial charge in [-0.1, -0.05) is 12.1 Å². The average molecular weight is 310 g/mol. The summed E-state index contributed by atoms with van der Waals surface area (Å²) in [6.45, 7) is 1.89. The molecule has 0 bridgehead atoms. The molecule has 0 aromatic heterocycles. The van der Waals surface area contributed by atoms with E-state index >= 15 is 0 Å². The second-order valence-electron chi connectivity index (χ2n) is 4.81. The van der Waals surface area contributed by atoms with Crippen molar-refractivity contribution < 1.29 is 18.1 Å². The van der Waals surface area contributed by atoms with Gasteiger partial charge in [0.05, 0.1) is 10.5 Å². The Labute approximate surface area is 124 Å². The molecule has 22 heavy (non-hydrogen) atoms. The molecule has 7 heteroatoms. The molecule has 116 valence electrons. The Balaban J connectivity index is 2.12. The van der Waals surface area contributed by atoms with Gasteiger partial charge in [-0.15, -0.1) is 0 Å². The summed E-state index contributed by atoms with van der Waals surface area (Å²) < 4.78 is 37.9. The smallest absolute Gasteiger partial charge is 0.381 e. The molecule has 0 aliphatic heterocycles. The maximum Gasteiger partial charge on any atom is 0.416 e. The van der Waals surface area contributed by atoms with Gasteiger partial charge in [-0.2, -0.15) is 13.2 Å². The zero-order valence-corrected chi connectivity index (χ0v) is 11.6. The van der Waals surface area contributed by atoms with Gasteiger partial charge in [-0.05, 0) is 36.2 Å². The Bertz CT molecular complexity index is 699. The maximum atomic E-state index is 12.6. The molecule has 0 spiro atoms. The van der Waals surface area contributed by atoms with E-state index in [-0.39, 0.29) is 12.2 Å². The number of nitro groups is 1. The average Bonchev–Trinajstić information content (AvgIpc) is 2.45. The molecule has 0 aliphatic rings. The van der Waals surface area contributed by atoms with E-state index in [0.717, 1.165) is 12.1 Å². The highest BCUT2D eigenvalue weighted by Gasteiger charge is 2.30. The summed E-state index contributed by atoms with van der Waals surface area (Å²) in [5, 5.41) is 13.6. The molecule has 4 nitrogen and oxygen atoms in total. The summed E-state index contributed by atoms with van der Waals surface area (Å²) in [6.07, 6.45) is -4.38. The van der Waals surface area contributed by atoms with Gasteiger partial charge in [-0.25, -0.2) is 0 Å². The van der Waals surface area contributed by atoms with Gasteiger partial charge in [0.25, 0.3) is 5.69 Å². The van der Waals surface area contributed by atoms with Crippen LogP contribution in [0, 0.1) is 17.0 Å². The van der Waals surface area contributed by atoms with Crippen LogP contribution < -0.4 is 5.32 Å². The molecule has 2 aromatic rings. The highest BCUT2D eigenvalue weighted by molar-refractivity contribution is 5.55. The number of nitro benzene ring substituents is 1. The largest absolute Gasteiger partial charge is 0.416 e. The summed E-state index contributed by atoms with van der Waals surface area (Å²) in [5.41, 5.74) is 1.05. The number of rotatable bonds is 4. The number of anilines is 1. The number of aryl methyl sites for hydroxylation is 1. The van der Waals surface area contributed by atoms with Gasteiger partial charge in [0, 0.05) is 24.4 Å². The predicted octanol–water partition coefficient (Wildman–Crippen LogP) is 4.53. The van der Waals surface area contributed by atoms with Crippen LogP contribution in [0.2, 0.25) is 0 Å². The molecule has 0 aliphatic carbocycles. The van der Waals surface area contributed by atoms with Crippen LogP contribution in [-0.2, 0) is 12.7 Å². The van der Waals surface area contributed by atoms with Crippen molar-refractivity contribution in [1.82, 2.24) is 0 Å². The Kier molecular flexibility index (Phi) is 4.35. The fourth-order valence-electron chi connectivity index (χ4n) is 2.01. The highest BCUT2D eigenvalue weighted by atomic mass is 19.4. The van der Waals surface area contributed by atoms with Crippen molar-refractivity contribution >= 4 is 11.4 Å². The van der Waals surface area contributed by atoms with Crippen LogP contribution in [0.15, 0.2) is 42.5 Å². The number of hydrogen-bond donors (Lipinski definition) is 1. The maximum absolute atomic E-state index is 12.6. The zero-order chi connectivity index (χ0) is 16.3. The Hall–Kier alpha value is -2.57. The normalized spacial score (nSPS) is 11.3. The third-order valence-corrected chi connectivity index (χ3v) is 3.16. The summed E-state index contributed by atoms with van der Waals surface area (Å²) >= 11 is 0. The lowest BCUT2D eigenvalue weighted by Crippen LogP contribution is -2.07. The molecule has 2 aromatic carbocycles. The van der Waals surface area contributed by atoms with E-state index < -0.39 is 16.7 Å². The van der Waals surface area contributed by atoms with Crippen LogP contribution >= 0.6 is 0 Å². The standard InChI is InChI=1S/C15H13F3N2O2/c1-10-7-13(20(21)22)5-6-14(10)19-9-11-3-2-4-12(8-11)15(16,17)18/h2-8,19H,9H2,1H3. The van der Waals surface area contributed by atoms with Crippen molar-refractivity contribution in [3.63, 3.8) is 0 Å². The lowest BCUT2D eigenvalue weighted by Gasteiger charge is -2.11. The van der Waals surface area contributed by atoms with Crippen molar-refractivity contribution in [1.29, 1.82) is 0 Å². The molecule has 0 amide bonds. The van der Waals surface area contributed by atoms with E-state index in [2.05, 4.69) is 5.32 Å². The van der Waals surface area contributed by atoms with Crippen molar-refractivity contribution in [2.24, 2.45) is 0 Å². The van der Waals surface area contributed by atoms with Crippen LogP contribution in [0.3, 0.4) is 0 Å². The molecule has 0 atom stereocenters. The number of hydrogen-bond acceptors (Lipinski definition) is 3. The van der Waals surface area contributed by atoms with E-state index in [1.165, 1.54) is 18.2 Å². The summed E-state index contributed by atoms with van der Waals surface area (Å²) in [7, 11) is 0. The van der Waals surface area contributed by atoms with Crippen molar-refractivity contribution in [3.05, 3.63) is 69.3 Å². The molecule has 0 saturated heterocycles. The second-order valence-corrected chi connectivity index (χ2v) is 4.81. The fraction of sp³-hybridized carbons (Fsp3) is 0.200. The lowest BCUT2D eigenvalue weighted by molar-refractivity contribution is -0.384. The SMILES string of the molecule is Cc1cc([N+](=O)[O-])ccc1NCc1cccc(C(F)(F)F)c1. The molecule has 2 rings (SSSR count). The molecule has 0 fully saturated rings. The molecular formula is C15H13F3N2O2. The Morgan fingerprint density at radius 3 is 2.50 bits per heavy atom. The van der Waals surface area contributed by atoms with Crippen molar-refractivity contribution in [2.45, 2.75) is 19.6 Å². The minimum Gasteiger partial charge on any atom is -0.381 e. The van der Waals surface area contributed by atoms with Gasteiger partial charge in [-0.3, -0.25) is 10.1 Å². The van der Waals surface area contributed by atoms with Crippen LogP contribution in [0.5, 0.6) is 0 Å². The number of benzene rings is 2. The lowest BCUT2D eigenvalue weighted by atomic mass is 10.1. The van der Waals surface area contributed by atoms with E-state index in [0.29, 0.717) is 16.8 Å². The first kappa shape index (κ1) is 15.8. The molecule has 1 N–H and O–H groups in total. The van der Waals surface area contributed by atoms with Gasteiger partial charge in [0.1, 0.15) is 0 Å². The van der Waals surface area contributed by atoms with Gasteiger partial charge in [0.2, 0.25) is 0 Å². The third-order valence-electron chi connectivity index (χ3n) is 3.16. The molecule has 0 heterocycles. The second kappa shape index (κ2) is 6.05. The molecular weight excluding hydrogens is 297 g/mol. The molecule has 0 radical (unpaired) electrons. The molecule has 0 unspecified atom stereocenters. The van der Waals surface area contributed by atoms with E-state index in [4.69, 9.17) is 0 Å². The third kappa shape index (κ3) is 3.75. The summed E-state index contributed by atoms with van der Waals surface area (Å²) in [5.74, 6) is 0. The summed E-state index contributed by atoms with van der Waals surface area (Å²) in [6, 6.07) is 9.33. The van der Waals surface area contributed by atoms with Gasteiger partial charge >= 0.3 is 6.18 Å². The fourth-order valence-corrected chi connectivity index (χ4v) is 2.01. The number of nitrogens with one attached hydrogen (secondary N) is 1. The highest BCUT2D eigenvalue weighted by Crippen LogP contribution is 2.30. The monoisotopic (exact) mass is 310 g/mol. The number of alkyl halides is 3. The Morgan fingerprint density at radius 1 is 1.18 bits per heavy atom. The number of non-ortho nitro benzene ring substituents is 1. The quantitative estimate of drug-likeness (QED) is 0.666. The van der Waals surface area contributed by atoms with Crippen molar-refractivity contribution in [3.8, 4) is 0 Å². The zero-order valence-electron chi connectivity index (χ0n) is 11.6. The Morgan fingerprint density at radius 2 is 1.91 bits per heavy atom. The van der Waals surface area contributed by atoms with E-state index in [9.17, 15) is 23.3 Å². The van der Waals surface area contributed by atoms with E-state index in [1.807, 2.05) is 0 Å². The first-order valence-electron chi connectivity index (χ1n) is 6.42. The minimum absolute atomic E-state index is 0.0258. The van der Waals surface area contributed by atoms with Gasteiger partial charge in [0.15, 0.2) is 0 Å². The van der Waals surface area contributed by atoms with E-state index in [1.54, 1.807) is 19.1 Å². The number of nitrogens with zero attached hydrogens (tertiary/aromatic N) is 1. The van der Waals surface area contributed by atoms with Crippen LogP contribution in [0.1, 0.15) is 16.7 Å². The van der Waals surface area contributed by atoms with Crippen LogP contribution in [0.4, 0.5) is 24.5 Å². The van der Waals surface area contributed by atoms with Gasteiger partial charge < -0.3 is 5.32 Å². The number of halogens is 3. The molecule has 0 saturated carbocycles.